The van der Waals surface area contributed by atoms with Crippen LogP contribution < -0.4 is 9.47 Å². The third-order valence-electron chi connectivity index (χ3n) is 2.27. The number of hydrogen-bond acceptors (Lipinski definition) is 4. The van der Waals surface area contributed by atoms with Crippen LogP contribution in [0.15, 0.2) is 30.5 Å². The molecule has 2 rings (SSSR count). The normalized spacial score (nSPS) is 10.1. The van der Waals surface area contributed by atoms with E-state index >= 15 is 0 Å². The lowest BCUT2D eigenvalue weighted by Crippen LogP contribution is -1.95. The van der Waals surface area contributed by atoms with E-state index in [1.165, 1.54) is 0 Å². The lowest BCUT2D eigenvalue weighted by Gasteiger charge is -2.11. The van der Waals surface area contributed by atoms with Crippen molar-refractivity contribution in [3.63, 3.8) is 0 Å². The number of halogens is 1. The van der Waals surface area contributed by atoms with Crippen LogP contribution in [0.3, 0.4) is 0 Å². The minimum atomic E-state index is 0.389. The molecule has 2 aromatic rings. The quantitative estimate of drug-likeness (QED) is 0.786. The zero-order chi connectivity index (χ0) is 12.3. The molecule has 0 atom stereocenters. The third kappa shape index (κ3) is 2.31. The van der Waals surface area contributed by atoms with Crippen molar-refractivity contribution in [2.45, 2.75) is 0 Å². The molecule has 0 spiro atoms. The fourth-order valence-electron chi connectivity index (χ4n) is 1.53. The van der Waals surface area contributed by atoms with Crippen molar-refractivity contribution in [3.05, 3.63) is 35.6 Å². The van der Waals surface area contributed by atoms with Gasteiger partial charge in [-0.25, -0.2) is 9.97 Å². The number of hydrogen-bond donors (Lipinski definition) is 0. The third-order valence-corrected chi connectivity index (χ3v) is 2.48. The molecule has 0 fully saturated rings. The van der Waals surface area contributed by atoms with Crippen LogP contribution in [-0.4, -0.2) is 24.2 Å². The topological polar surface area (TPSA) is 44.2 Å². The van der Waals surface area contributed by atoms with Gasteiger partial charge >= 0.3 is 0 Å². The first kappa shape index (κ1) is 11.7. The molecule has 0 amide bonds. The molecular weight excluding hydrogens is 240 g/mol. The van der Waals surface area contributed by atoms with Gasteiger partial charge in [0.2, 0.25) is 0 Å². The first-order chi connectivity index (χ1) is 8.26. The second kappa shape index (κ2) is 5.01. The number of nitrogens with zero attached hydrogens (tertiary/aromatic N) is 2. The molecule has 0 bridgehead atoms. The molecule has 0 aliphatic rings. The summed E-state index contributed by atoms with van der Waals surface area (Å²) in [7, 11) is 3.16. The lowest BCUT2D eigenvalue weighted by molar-refractivity contribution is 0.356. The van der Waals surface area contributed by atoms with Crippen molar-refractivity contribution in [2.75, 3.05) is 14.2 Å². The van der Waals surface area contributed by atoms with E-state index in [9.17, 15) is 0 Å². The van der Waals surface area contributed by atoms with Crippen LogP contribution >= 0.6 is 11.6 Å². The van der Waals surface area contributed by atoms with E-state index < -0.39 is 0 Å². The molecule has 0 N–H and O–H groups in total. The average molecular weight is 251 g/mol. The summed E-state index contributed by atoms with van der Waals surface area (Å²) in [6.07, 6.45) is 1.60. The number of aromatic nitrogens is 2. The summed E-state index contributed by atoms with van der Waals surface area (Å²) in [6, 6.07) is 7.14. The van der Waals surface area contributed by atoms with E-state index in [1.807, 2.05) is 18.2 Å². The highest BCUT2D eigenvalue weighted by molar-refractivity contribution is 6.29. The molecule has 1 heterocycles. The number of benzene rings is 1. The average Bonchev–Trinajstić information content (AvgIpc) is 2.37. The van der Waals surface area contributed by atoms with E-state index in [2.05, 4.69) is 9.97 Å². The summed E-state index contributed by atoms with van der Waals surface area (Å²) in [4.78, 5) is 8.31. The maximum absolute atomic E-state index is 5.84. The van der Waals surface area contributed by atoms with Gasteiger partial charge in [0.25, 0.3) is 0 Å². The van der Waals surface area contributed by atoms with Gasteiger partial charge in [0, 0.05) is 6.20 Å². The summed E-state index contributed by atoms with van der Waals surface area (Å²) in [5.41, 5.74) is 0.745. The molecule has 0 aliphatic heterocycles. The van der Waals surface area contributed by atoms with Crippen molar-refractivity contribution >= 4 is 11.6 Å². The van der Waals surface area contributed by atoms with Gasteiger partial charge in [-0.3, -0.25) is 0 Å². The Morgan fingerprint density at radius 2 is 1.94 bits per heavy atom. The number of rotatable bonds is 3. The van der Waals surface area contributed by atoms with Crippen LogP contribution in [-0.2, 0) is 0 Å². The Hall–Kier alpha value is -1.81. The Morgan fingerprint density at radius 1 is 1.12 bits per heavy atom. The fraction of sp³-hybridized carbons (Fsp3) is 0.167. The van der Waals surface area contributed by atoms with E-state index in [1.54, 1.807) is 26.5 Å². The van der Waals surface area contributed by atoms with Crippen LogP contribution in [0.4, 0.5) is 0 Å². The molecule has 0 saturated heterocycles. The predicted molar refractivity (Wildman–Crippen MR) is 65.6 cm³/mol. The first-order valence-electron chi connectivity index (χ1n) is 4.96. The minimum absolute atomic E-state index is 0.389. The Balaban J connectivity index is 2.59. The molecule has 88 valence electrons. The van der Waals surface area contributed by atoms with Gasteiger partial charge in [0.1, 0.15) is 5.15 Å². The van der Waals surface area contributed by atoms with Gasteiger partial charge in [-0.2, -0.15) is 0 Å². The van der Waals surface area contributed by atoms with Crippen LogP contribution in [0.2, 0.25) is 5.15 Å². The van der Waals surface area contributed by atoms with Gasteiger partial charge < -0.3 is 9.47 Å². The Morgan fingerprint density at radius 3 is 2.59 bits per heavy atom. The van der Waals surface area contributed by atoms with Gasteiger partial charge in [-0.1, -0.05) is 17.7 Å². The molecule has 0 aliphatic carbocycles. The Bertz CT molecular complexity index is 532. The van der Waals surface area contributed by atoms with E-state index in [-0.39, 0.29) is 0 Å². The summed E-state index contributed by atoms with van der Waals surface area (Å²) >= 11 is 5.84. The van der Waals surface area contributed by atoms with Crippen molar-refractivity contribution < 1.29 is 9.47 Å². The maximum Gasteiger partial charge on any atom is 0.171 e. The summed E-state index contributed by atoms with van der Waals surface area (Å²) in [6.45, 7) is 0. The monoisotopic (exact) mass is 250 g/mol. The Kier molecular flexibility index (Phi) is 3.44. The largest absolute Gasteiger partial charge is 0.493 e. The van der Waals surface area contributed by atoms with Crippen LogP contribution in [0, 0.1) is 0 Å². The molecular formula is C12H11ClN2O2. The molecule has 5 heteroatoms. The summed E-state index contributed by atoms with van der Waals surface area (Å²) in [5.74, 6) is 1.74. The van der Waals surface area contributed by atoms with Crippen molar-refractivity contribution in [2.24, 2.45) is 0 Å². The molecule has 4 nitrogen and oxygen atoms in total. The molecule has 1 aromatic carbocycles. The highest BCUT2D eigenvalue weighted by atomic mass is 35.5. The van der Waals surface area contributed by atoms with Crippen LogP contribution in [0.25, 0.3) is 11.4 Å². The van der Waals surface area contributed by atoms with Gasteiger partial charge in [0.15, 0.2) is 17.3 Å². The zero-order valence-corrected chi connectivity index (χ0v) is 10.2. The molecule has 0 saturated carbocycles. The highest BCUT2D eigenvalue weighted by Crippen LogP contribution is 2.36. The summed E-state index contributed by atoms with van der Waals surface area (Å²) in [5, 5.41) is 0.389. The molecule has 0 unspecified atom stereocenters. The van der Waals surface area contributed by atoms with E-state index in [0.717, 1.165) is 5.56 Å². The predicted octanol–water partition coefficient (Wildman–Crippen LogP) is 2.81. The number of para-hydroxylation sites is 1. The minimum Gasteiger partial charge on any atom is -0.493 e. The highest BCUT2D eigenvalue weighted by Gasteiger charge is 2.13. The molecule has 1 aromatic heterocycles. The standard InChI is InChI=1S/C12H11ClN2O2/c1-16-9-5-3-4-8(11(9)17-2)12-14-7-6-10(13)15-12/h3-7H,1-2H3. The smallest absolute Gasteiger partial charge is 0.171 e. The van der Waals surface area contributed by atoms with E-state index in [4.69, 9.17) is 21.1 Å². The molecule has 0 radical (unpaired) electrons. The second-order valence-electron chi connectivity index (χ2n) is 3.24. The van der Waals surface area contributed by atoms with Crippen LogP contribution in [0.5, 0.6) is 11.5 Å². The van der Waals surface area contributed by atoms with Crippen LogP contribution in [0.1, 0.15) is 0 Å². The van der Waals surface area contributed by atoms with Crippen molar-refractivity contribution in [1.29, 1.82) is 0 Å². The SMILES string of the molecule is COc1cccc(-c2nccc(Cl)n2)c1OC. The van der Waals surface area contributed by atoms with Gasteiger partial charge in [-0.15, -0.1) is 0 Å². The zero-order valence-electron chi connectivity index (χ0n) is 9.48. The summed E-state index contributed by atoms with van der Waals surface area (Å²) < 4.78 is 10.5. The first-order valence-corrected chi connectivity index (χ1v) is 5.34. The van der Waals surface area contributed by atoms with Crippen molar-refractivity contribution in [3.8, 4) is 22.9 Å². The number of ether oxygens (including phenoxy) is 2. The fourth-order valence-corrected chi connectivity index (χ4v) is 1.67. The maximum atomic E-state index is 5.84. The second-order valence-corrected chi connectivity index (χ2v) is 3.63. The molecule has 17 heavy (non-hydrogen) atoms. The van der Waals surface area contributed by atoms with Gasteiger partial charge in [0.05, 0.1) is 19.8 Å². The number of methoxy groups -OCH3 is 2. The Labute approximate surface area is 104 Å². The van der Waals surface area contributed by atoms with E-state index in [0.29, 0.717) is 22.5 Å². The van der Waals surface area contributed by atoms with Gasteiger partial charge in [-0.05, 0) is 18.2 Å². The van der Waals surface area contributed by atoms with Crippen molar-refractivity contribution in [1.82, 2.24) is 9.97 Å². The lowest BCUT2D eigenvalue weighted by atomic mass is 10.1.